The Morgan fingerprint density at radius 3 is 2.52 bits per heavy atom. The standard InChI is InChI=1S/C21H20N2O2/c1-16(24)23-14-6-11-20(23)21(25)22-19-10-5-9-18(15-19)13-12-17-7-3-2-4-8-17/h2-5,7-10,15,20H,6,11,14H2,1H3,(H,22,25). The van der Waals surface area contributed by atoms with Crippen LogP contribution in [0, 0.1) is 11.8 Å². The van der Waals surface area contributed by atoms with Gasteiger partial charge in [0.1, 0.15) is 6.04 Å². The predicted octanol–water partition coefficient (Wildman–Crippen LogP) is 3.04. The van der Waals surface area contributed by atoms with Crippen molar-refractivity contribution < 1.29 is 9.59 Å². The van der Waals surface area contributed by atoms with E-state index in [4.69, 9.17) is 0 Å². The molecular weight excluding hydrogens is 312 g/mol. The summed E-state index contributed by atoms with van der Waals surface area (Å²) in [4.78, 5) is 25.7. The summed E-state index contributed by atoms with van der Waals surface area (Å²) >= 11 is 0. The summed E-state index contributed by atoms with van der Waals surface area (Å²) in [6.07, 6.45) is 1.57. The van der Waals surface area contributed by atoms with Crippen molar-refractivity contribution in [1.82, 2.24) is 4.90 Å². The number of likely N-dealkylation sites (tertiary alicyclic amines) is 1. The molecule has 0 saturated carbocycles. The minimum absolute atomic E-state index is 0.0554. The van der Waals surface area contributed by atoms with Crippen LogP contribution >= 0.6 is 0 Å². The van der Waals surface area contributed by atoms with E-state index in [9.17, 15) is 9.59 Å². The lowest BCUT2D eigenvalue weighted by Gasteiger charge is -2.22. The molecule has 25 heavy (non-hydrogen) atoms. The molecule has 0 aliphatic carbocycles. The minimum atomic E-state index is -0.378. The molecule has 1 fully saturated rings. The molecule has 1 aliphatic heterocycles. The highest BCUT2D eigenvalue weighted by molar-refractivity contribution is 5.97. The fourth-order valence-corrected chi connectivity index (χ4v) is 2.98. The van der Waals surface area contributed by atoms with Crippen molar-refractivity contribution >= 4 is 17.5 Å². The normalized spacial score (nSPS) is 16.0. The summed E-state index contributed by atoms with van der Waals surface area (Å²) in [5.74, 6) is 6.01. The van der Waals surface area contributed by atoms with Crippen molar-refractivity contribution in [3.05, 3.63) is 65.7 Å². The van der Waals surface area contributed by atoms with E-state index in [2.05, 4.69) is 17.2 Å². The Balaban J connectivity index is 1.71. The minimum Gasteiger partial charge on any atom is -0.331 e. The molecule has 0 radical (unpaired) electrons. The monoisotopic (exact) mass is 332 g/mol. The molecule has 1 heterocycles. The van der Waals surface area contributed by atoms with Crippen LogP contribution in [-0.2, 0) is 9.59 Å². The zero-order valence-corrected chi connectivity index (χ0v) is 14.2. The van der Waals surface area contributed by atoms with Gasteiger partial charge >= 0.3 is 0 Å². The van der Waals surface area contributed by atoms with Crippen LogP contribution < -0.4 is 5.32 Å². The Morgan fingerprint density at radius 2 is 1.76 bits per heavy atom. The first-order chi connectivity index (χ1) is 12.1. The van der Waals surface area contributed by atoms with E-state index in [-0.39, 0.29) is 17.9 Å². The van der Waals surface area contributed by atoms with E-state index in [0.29, 0.717) is 18.7 Å². The molecule has 2 aromatic rings. The van der Waals surface area contributed by atoms with Crippen LogP contribution in [0.4, 0.5) is 5.69 Å². The lowest BCUT2D eigenvalue weighted by molar-refractivity contribution is -0.134. The third-order valence-electron chi connectivity index (χ3n) is 4.21. The van der Waals surface area contributed by atoms with Gasteiger partial charge in [-0.2, -0.15) is 0 Å². The third kappa shape index (κ3) is 4.27. The average Bonchev–Trinajstić information content (AvgIpc) is 3.11. The maximum atomic E-state index is 12.5. The Kier molecular flexibility index (Phi) is 5.15. The Bertz CT molecular complexity index is 834. The first kappa shape index (κ1) is 16.8. The molecular formula is C21H20N2O2. The van der Waals surface area contributed by atoms with Crippen molar-refractivity contribution in [2.45, 2.75) is 25.8 Å². The molecule has 0 spiro atoms. The van der Waals surface area contributed by atoms with Gasteiger partial charge in [0.15, 0.2) is 0 Å². The zero-order chi connectivity index (χ0) is 17.6. The maximum Gasteiger partial charge on any atom is 0.247 e. The van der Waals surface area contributed by atoms with E-state index in [1.54, 1.807) is 4.90 Å². The van der Waals surface area contributed by atoms with E-state index in [1.807, 2.05) is 54.6 Å². The topological polar surface area (TPSA) is 49.4 Å². The second-order valence-electron chi connectivity index (χ2n) is 6.06. The SMILES string of the molecule is CC(=O)N1CCCC1C(=O)Nc1cccc(C#Cc2ccccc2)c1. The average molecular weight is 332 g/mol. The number of hydrogen-bond acceptors (Lipinski definition) is 2. The summed E-state index contributed by atoms with van der Waals surface area (Å²) in [6.45, 7) is 2.15. The number of rotatable bonds is 2. The summed E-state index contributed by atoms with van der Waals surface area (Å²) in [5, 5.41) is 2.91. The first-order valence-electron chi connectivity index (χ1n) is 8.39. The van der Waals surface area contributed by atoms with Crippen LogP contribution in [0.25, 0.3) is 0 Å². The van der Waals surface area contributed by atoms with Gasteiger partial charge in [0.25, 0.3) is 0 Å². The summed E-state index contributed by atoms with van der Waals surface area (Å²) < 4.78 is 0. The van der Waals surface area contributed by atoms with Crippen molar-refractivity contribution in [3.63, 3.8) is 0 Å². The highest BCUT2D eigenvalue weighted by Gasteiger charge is 2.32. The highest BCUT2D eigenvalue weighted by Crippen LogP contribution is 2.19. The number of anilines is 1. The van der Waals surface area contributed by atoms with E-state index in [0.717, 1.165) is 17.5 Å². The van der Waals surface area contributed by atoms with Crippen molar-refractivity contribution in [1.29, 1.82) is 0 Å². The van der Waals surface area contributed by atoms with E-state index >= 15 is 0 Å². The molecule has 0 aromatic heterocycles. The molecule has 1 aliphatic rings. The molecule has 1 unspecified atom stereocenters. The van der Waals surface area contributed by atoms with Crippen molar-refractivity contribution in [3.8, 4) is 11.8 Å². The van der Waals surface area contributed by atoms with Gasteiger partial charge in [0, 0.05) is 30.3 Å². The van der Waals surface area contributed by atoms with Crippen molar-refractivity contribution in [2.24, 2.45) is 0 Å². The van der Waals surface area contributed by atoms with Crippen molar-refractivity contribution in [2.75, 3.05) is 11.9 Å². The second kappa shape index (κ2) is 7.67. The number of benzene rings is 2. The highest BCUT2D eigenvalue weighted by atomic mass is 16.2. The molecule has 4 heteroatoms. The van der Waals surface area contributed by atoms with Crippen LogP contribution in [0.15, 0.2) is 54.6 Å². The molecule has 1 saturated heterocycles. The number of hydrogen-bond donors (Lipinski definition) is 1. The van der Waals surface area contributed by atoms with Gasteiger partial charge in [-0.15, -0.1) is 0 Å². The Hall–Kier alpha value is -3.06. The number of carbonyl (C=O) groups is 2. The molecule has 1 N–H and O–H groups in total. The molecule has 2 amide bonds. The maximum absolute atomic E-state index is 12.5. The number of nitrogens with one attached hydrogen (secondary N) is 1. The predicted molar refractivity (Wildman–Crippen MR) is 97.9 cm³/mol. The van der Waals surface area contributed by atoms with Gasteiger partial charge < -0.3 is 10.2 Å². The summed E-state index contributed by atoms with van der Waals surface area (Å²) in [6, 6.07) is 16.8. The largest absolute Gasteiger partial charge is 0.331 e. The van der Waals surface area contributed by atoms with Crippen LogP contribution in [0.2, 0.25) is 0 Å². The van der Waals surface area contributed by atoms with Gasteiger partial charge in [-0.3, -0.25) is 9.59 Å². The van der Waals surface area contributed by atoms with Crippen LogP contribution in [0.5, 0.6) is 0 Å². The lowest BCUT2D eigenvalue weighted by atomic mass is 10.1. The van der Waals surface area contributed by atoms with E-state index in [1.165, 1.54) is 6.92 Å². The van der Waals surface area contributed by atoms with Gasteiger partial charge in [-0.05, 0) is 43.2 Å². The quantitative estimate of drug-likeness (QED) is 0.860. The third-order valence-corrected chi connectivity index (χ3v) is 4.21. The number of nitrogens with zero attached hydrogens (tertiary/aromatic N) is 1. The van der Waals surface area contributed by atoms with Crippen LogP contribution in [0.3, 0.4) is 0 Å². The smallest absolute Gasteiger partial charge is 0.247 e. The number of amides is 2. The Labute approximate surface area is 147 Å². The summed E-state index contributed by atoms with van der Waals surface area (Å²) in [5.41, 5.74) is 2.47. The molecule has 2 aromatic carbocycles. The van der Waals surface area contributed by atoms with Gasteiger partial charge in [0.2, 0.25) is 11.8 Å². The van der Waals surface area contributed by atoms with E-state index < -0.39 is 0 Å². The second-order valence-corrected chi connectivity index (χ2v) is 6.06. The fraction of sp³-hybridized carbons (Fsp3) is 0.238. The van der Waals surface area contributed by atoms with Crippen LogP contribution in [0.1, 0.15) is 30.9 Å². The van der Waals surface area contributed by atoms with Gasteiger partial charge in [-0.25, -0.2) is 0 Å². The fourth-order valence-electron chi connectivity index (χ4n) is 2.98. The Morgan fingerprint density at radius 1 is 1.04 bits per heavy atom. The first-order valence-corrected chi connectivity index (χ1v) is 8.39. The van der Waals surface area contributed by atoms with Gasteiger partial charge in [0.05, 0.1) is 0 Å². The molecule has 126 valence electrons. The summed E-state index contributed by atoms with van der Waals surface area (Å²) in [7, 11) is 0. The van der Waals surface area contributed by atoms with Gasteiger partial charge in [-0.1, -0.05) is 36.1 Å². The van der Waals surface area contributed by atoms with Crippen LogP contribution in [-0.4, -0.2) is 29.3 Å². The molecule has 1 atom stereocenters. The lowest BCUT2D eigenvalue weighted by Crippen LogP contribution is -2.42. The zero-order valence-electron chi connectivity index (χ0n) is 14.2. The molecule has 4 nitrogen and oxygen atoms in total. The number of carbonyl (C=O) groups excluding carboxylic acids is 2. The molecule has 3 rings (SSSR count). The molecule has 0 bridgehead atoms.